The molecule has 2 unspecified atom stereocenters. The molecule has 0 saturated carbocycles. The maximum atomic E-state index is 12.9. The Morgan fingerprint density at radius 2 is 1.87 bits per heavy atom. The molecule has 2 aliphatic rings. The average molecular weight is 308 g/mol. The maximum Gasteiger partial charge on any atom is 0.256 e. The molecule has 2 heterocycles. The second kappa shape index (κ2) is 6.05. The molecule has 1 saturated heterocycles. The summed E-state index contributed by atoms with van der Waals surface area (Å²) in [6.45, 7) is 1.31. The Morgan fingerprint density at radius 3 is 2.65 bits per heavy atom. The van der Waals surface area contributed by atoms with Gasteiger partial charge in [-0.15, -0.1) is 0 Å². The average Bonchev–Trinajstić information content (AvgIpc) is 3.15. The Labute approximate surface area is 136 Å². The van der Waals surface area contributed by atoms with Crippen molar-refractivity contribution >= 4 is 17.3 Å². The molecule has 4 rings (SSSR count). The predicted molar refractivity (Wildman–Crippen MR) is 90.6 cm³/mol. The van der Waals surface area contributed by atoms with E-state index in [0.29, 0.717) is 13.2 Å². The second-order valence-corrected chi connectivity index (χ2v) is 6.08. The summed E-state index contributed by atoms with van der Waals surface area (Å²) in [6.07, 6.45) is 1.49. The number of hydrogen-bond donors (Lipinski definition) is 1. The number of anilines is 2. The molecule has 1 amide bonds. The van der Waals surface area contributed by atoms with E-state index in [1.165, 1.54) is 5.56 Å². The number of ether oxygens (including phenoxy) is 1. The van der Waals surface area contributed by atoms with Gasteiger partial charge in [-0.2, -0.15) is 0 Å². The lowest BCUT2D eigenvalue weighted by Crippen LogP contribution is -2.45. The molecule has 23 heavy (non-hydrogen) atoms. The first-order chi connectivity index (χ1) is 11.3. The van der Waals surface area contributed by atoms with Gasteiger partial charge in [0.15, 0.2) is 0 Å². The van der Waals surface area contributed by atoms with E-state index in [2.05, 4.69) is 17.4 Å². The topological polar surface area (TPSA) is 41.6 Å². The normalized spacial score (nSPS) is 23.2. The van der Waals surface area contributed by atoms with Crippen LogP contribution >= 0.6 is 0 Å². The predicted octanol–water partition coefficient (Wildman–Crippen LogP) is 3.37. The van der Waals surface area contributed by atoms with Gasteiger partial charge in [0, 0.05) is 6.61 Å². The van der Waals surface area contributed by atoms with E-state index >= 15 is 0 Å². The molecule has 4 nitrogen and oxygen atoms in total. The summed E-state index contributed by atoms with van der Waals surface area (Å²) in [6, 6.07) is 18.4. The number of carbonyl (C=O) groups is 1. The number of nitrogens with one attached hydrogen (secondary N) is 1. The van der Waals surface area contributed by atoms with Crippen LogP contribution in [0.25, 0.3) is 0 Å². The van der Waals surface area contributed by atoms with Gasteiger partial charge in [0.1, 0.15) is 6.10 Å². The summed E-state index contributed by atoms with van der Waals surface area (Å²) in [7, 11) is 0. The van der Waals surface area contributed by atoms with Crippen LogP contribution in [0.15, 0.2) is 54.6 Å². The number of amides is 1. The lowest BCUT2D eigenvalue weighted by atomic mass is 10.0. The Kier molecular flexibility index (Phi) is 3.75. The fraction of sp³-hybridized carbons (Fsp3) is 0.316. The fourth-order valence-corrected chi connectivity index (χ4v) is 3.37. The van der Waals surface area contributed by atoms with Crippen molar-refractivity contribution in [3.8, 4) is 0 Å². The third kappa shape index (κ3) is 2.70. The lowest BCUT2D eigenvalue weighted by Gasteiger charge is -2.37. The lowest BCUT2D eigenvalue weighted by molar-refractivity contribution is -0.127. The zero-order valence-electron chi connectivity index (χ0n) is 12.9. The molecule has 2 aromatic carbocycles. The number of carbonyl (C=O) groups excluding carboxylic acids is 1. The molecule has 4 heteroatoms. The van der Waals surface area contributed by atoms with Crippen molar-refractivity contribution in [2.24, 2.45) is 0 Å². The molecule has 2 atom stereocenters. The Bertz CT molecular complexity index is 696. The third-order valence-corrected chi connectivity index (χ3v) is 4.56. The van der Waals surface area contributed by atoms with Crippen molar-refractivity contribution < 1.29 is 9.53 Å². The first kappa shape index (κ1) is 14.3. The van der Waals surface area contributed by atoms with Gasteiger partial charge < -0.3 is 15.0 Å². The number of rotatable bonds is 2. The summed E-state index contributed by atoms with van der Waals surface area (Å²) in [5.41, 5.74) is 3.13. The van der Waals surface area contributed by atoms with Crippen LogP contribution in [-0.4, -0.2) is 25.2 Å². The zero-order valence-corrected chi connectivity index (χ0v) is 12.9. The zero-order chi connectivity index (χ0) is 15.6. The number of hydrogen-bond acceptors (Lipinski definition) is 3. The van der Waals surface area contributed by atoms with Crippen molar-refractivity contribution in [1.29, 1.82) is 0 Å². The molecule has 0 bridgehead atoms. The van der Waals surface area contributed by atoms with Gasteiger partial charge in [-0.05, 0) is 30.5 Å². The quantitative estimate of drug-likeness (QED) is 0.925. The molecule has 0 radical (unpaired) electrons. The minimum Gasteiger partial charge on any atom is -0.375 e. The van der Waals surface area contributed by atoms with Crippen molar-refractivity contribution in [2.45, 2.75) is 25.0 Å². The highest BCUT2D eigenvalue weighted by Gasteiger charge is 2.34. The molecule has 1 N–H and O–H groups in total. The first-order valence-corrected chi connectivity index (χ1v) is 8.16. The van der Waals surface area contributed by atoms with E-state index in [9.17, 15) is 4.79 Å². The minimum atomic E-state index is -0.294. The number of nitrogens with zero attached hydrogens (tertiary/aromatic N) is 1. The van der Waals surface area contributed by atoms with E-state index in [4.69, 9.17) is 4.74 Å². The van der Waals surface area contributed by atoms with E-state index in [-0.39, 0.29) is 18.1 Å². The highest BCUT2D eigenvalue weighted by molar-refractivity contribution is 6.00. The first-order valence-electron chi connectivity index (χ1n) is 8.16. The summed E-state index contributed by atoms with van der Waals surface area (Å²) < 4.78 is 5.61. The fourth-order valence-electron chi connectivity index (χ4n) is 3.37. The largest absolute Gasteiger partial charge is 0.375 e. The van der Waals surface area contributed by atoms with Crippen molar-refractivity contribution in [2.75, 3.05) is 23.4 Å². The molecule has 1 fully saturated rings. The number of para-hydroxylation sites is 2. The minimum absolute atomic E-state index is 0.0809. The van der Waals surface area contributed by atoms with E-state index < -0.39 is 0 Å². The van der Waals surface area contributed by atoms with Gasteiger partial charge >= 0.3 is 0 Å². The van der Waals surface area contributed by atoms with Crippen molar-refractivity contribution in [3.63, 3.8) is 0 Å². The molecule has 0 spiro atoms. The van der Waals surface area contributed by atoms with Gasteiger partial charge in [-0.3, -0.25) is 4.79 Å². The molecule has 0 aromatic heterocycles. The number of fused-ring (bicyclic) bond motifs is 1. The monoisotopic (exact) mass is 308 g/mol. The van der Waals surface area contributed by atoms with Crippen LogP contribution in [0.4, 0.5) is 11.4 Å². The summed E-state index contributed by atoms with van der Waals surface area (Å²) in [5, 5.41) is 3.55. The van der Waals surface area contributed by atoms with Crippen LogP contribution < -0.4 is 10.2 Å². The van der Waals surface area contributed by atoms with E-state index in [1.54, 1.807) is 0 Å². The highest BCUT2D eigenvalue weighted by Crippen LogP contribution is 2.36. The van der Waals surface area contributed by atoms with Crippen LogP contribution in [0.2, 0.25) is 0 Å². The summed E-state index contributed by atoms with van der Waals surface area (Å²) in [5.74, 6) is 0.0809. The van der Waals surface area contributed by atoms with E-state index in [0.717, 1.165) is 24.2 Å². The SMILES string of the molecule is O=C(C1CCCO1)N1CC(c2ccccc2)Nc2ccccc21. The molecule has 2 aliphatic heterocycles. The van der Waals surface area contributed by atoms with Crippen LogP contribution in [0.1, 0.15) is 24.4 Å². The van der Waals surface area contributed by atoms with Crippen molar-refractivity contribution in [1.82, 2.24) is 0 Å². The standard InChI is InChI=1S/C19H20N2O2/c22-19(18-11-6-12-23-18)21-13-16(14-7-2-1-3-8-14)20-15-9-4-5-10-17(15)21/h1-5,7-10,16,18,20H,6,11-13H2. The number of benzene rings is 2. The molecular formula is C19H20N2O2. The maximum absolute atomic E-state index is 12.9. The van der Waals surface area contributed by atoms with Gasteiger partial charge in [0.2, 0.25) is 0 Å². The van der Waals surface area contributed by atoms with Crippen molar-refractivity contribution in [3.05, 3.63) is 60.2 Å². The summed E-state index contributed by atoms with van der Waals surface area (Å²) in [4.78, 5) is 14.8. The molecular weight excluding hydrogens is 288 g/mol. The van der Waals surface area contributed by atoms with Crippen LogP contribution in [-0.2, 0) is 9.53 Å². The summed E-state index contributed by atoms with van der Waals surface area (Å²) >= 11 is 0. The Morgan fingerprint density at radius 1 is 1.09 bits per heavy atom. The Hall–Kier alpha value is -2.33. The van der Waals surface area contributed by atoms with Gasteiger partial charge in [0.05, 0.1) is 24.0 Å². The highest BCUT2D eigenvalue weighted by atomic mass is 16.5. The van der Waals surface area contributed by atoms with E-state index in [1.807, 2.05) is 47.4 Å². The van der Waals surface area contributed by atoms with Crippen LogP contribution in [0.5, 0.6) is 0 Å². The van der Waals surface area contributed by atoms with Gasteiger partial charge in [-0.25, -0.2) is 0 Å². The molecule has 0 aliphatic carbocycles. The smallest absolute Gasteiger partial charge is 0.256 e. The third-order valence-electron chi connectivity index (χ3n) is 4.56. The van der Waals surface area contributed by atoms with Gasteiger partial charge in [0.25, 0.3) is 5.91 Å². The molecule has 118 valence electrons. The Balaban J connectivity index is 1.68. The van der Waals surface area contributed by atoms with Gasteiger partial charge in [-0.1, -0.05) is 42.5 Å². The molecule has 2 aromatic rings. The van der Waals surface area contributed by atoms with Crippen LogP contribution in [0, 0.1) is 0 Å². The second-order valence-electron chi connectivity index (χ2n) is 6.08. The van der Waals surface area contributed by atoms with Crippen LogP contribution in [0.3, 0.4) is 0 Å².